The van der Waals surface area contributed by atoms with Crippen LogP contribution in [0.3, 0.4) is 0 Å². The summed E-state index contributed by atoms with van der Waals surface area (Å²) in [5, 5.41) is 1.54. The lowest BCUT2D eigenvalue weighted by atomic mass is 10.1. The number of benzene rings is 1. The number of fused-ring (bicyclic) bond motifs is 1. The maximum absolute atomic E-state index is 11.7. The molecule has 1 aromatic carbocycles. The maximum Gasteiger partial charge on any atom is 0.336 e. The van der Waals surface area contributed by atoms with E-state index >= 15 is 0 Å². The first kappa shape index (κ1) is 14.4. The molecule has 21 heavy (non-hydrogen) atoms. The first-order chi connectivity index (χ1) is 10.0. The van der Waals surface area contributed by atoms with Crippen LogP contribution in [0.4, 0.5) is 0 Å². The van der Waals surface area contributed by atoms with Crippen LogP contribution in [0.15, 0.2) is 47.6 Å². The lowest BCUT2D eigenvalue weighted by molar-refractivity contribution is 0.431. The van der Waals surface area contributed by atoms with Crippen molar-refractivity contribution >= 4 is 38.7 Å². The molecule has 0 saturated carbocycles. The van der Waals surface area contributed by atoms with E-state index in [2.05, 4.69) is 20.9 Å². The van der Waals surface area contributed by atoms with Crippen molar-refractivity contribution in [3.05, 3.63) is 56.2 Å². The second kappa shape index (κ2) is 5.69. The predicted octanol–water partition coefficient (Wildman–Crippen LogP) is 4.45. The molecule has 4 nitrogen and oxygen atoms in total. The van der Waals surface area contributed by atoms with E-state index in [1.165, 1.54) is 17.8 Å². The van der Waals surface area contributed by atoms with E-state index < -0.39 is 0 Å². The summed E-state index contributed by atoms with van der Waals surface area (Å²) in [4.78, 5) is 16.0. The van der Waals surface area contributed by atoms with Crippen LogP contribution in [0.5, 0.6) is 0 Å². The summed E-state index contributed by atoms with van der Waals surface area (Å²) in [5.74, 6) is 1.42. The Bertz CT molecular complexity index is 849. The molecule has 0 radical (unpaired) electrons. The van der Waals surface area contributed by atoms with Crippen molar-refractivity contribution in [1.82, 2.24) is 4.98 Å². The fraction of sp³-hybridized carbons (Fsp3) is 0.200. The molecule has 6 heteroatoms. The molecule has 0 unspecified atom stereocenters. The molecule has 2 aromatic heterocycles. The monoisotopic (exact) mass is 365 g/mol. The zero-order valence-corrected chi connectivity index (χ0v) is 13.9. The van der Waals surface area contributed by atoms with Crippen LogP contribution in [0.1, 0.15) is 17.0 Å². The van der Waals surface area contributed by atoms with Crippen LogP contribution in [0.2, 0.25) is 0 Å². The van der Waals surface area contributed by atoms with Gasteiger partial charge in [0.1, 0.15) is 11.3 Å². The molecule has 3 aromatic rings. The highest BCUT2D eigenvalue weighted by Crippen LogP contribution is 2.28. The molecule has 0 amide bonds. The third-order valence-electron chi connectivity index (χ3n) is 3.15. The van der Waals surface area contributed by atoms with Crippen LogP contribution < -0.4 is 5.63 Å². The topological polar surface area (TPSA) is 56.2 Å². The summed E-state index contributed by atoms with van der Waals surface area (Å²) in [5.41, 5.74) is 2.02. The van der Waals surface area contributed by atoms with Gasteiger partial charge in [-0.2, -0.15) is 0 Å². The van der Waals surface area contributed by atoms with Crippen molar-refractivity contribution in [3.8, 4) is 0 Å². The van der Waals surface area contributed by atoms with Gasteiger partial charge in [0.2, 0.25) is 0 Å². The van der Waals surface area contributed by atoms with Gasteiger partial charge in [0, 0.05) is 21.7 Å². The van der Waals surface area contributed by atoms with Crippen LogP contribution in [0, 0.1) is 13.8 Å². The average Bonchev–Trinajstić information content (AvgIpc) is 2.74. The highest BCUT2D eigenvalue weighted by atomic mass is 79.9. The van der Waals surface area contributed by atoms with Gasteiger partial charge >= 0.3 is 5.63 Å². The number of nitrogens with zero attached hydrogens (tertiary/aromatic N) is 1. The van der Waals surface area contributed by atoms with Crippen molar-refractivity contribution in [1.29, 1.82) is 0 Å². The summed E-state index contributed by atoms with van der Waals surface area (Å²) in [7, 11) is 0. The Kier molecular flexibility index (Phi) is 3.91. The molecule has 0 atom stereocenters. The van der Waals surface area contributed by atoms with Crippen molar-refractivity contribution < 1.29 is 8.83 Å². The fourth-order valence-corrected chi connectivity index (χ4v) is 3.21. The van der Waals surface area contributed by atoms with E-state index in [0.29, 0.717) is 16.6 Å². The third-order valence-corrected chi connectivity index (χ3v) is 4.52. The highest BCUT2D eigenvalue weighted by Gasteiger charge is 2.10. The molecule has 0 bridgehead atoms. The molecular weight excluding hydrogens is 354 g/mol. The van der Waals surface area contributed by atoms with Gasteiger partial charge in [-0.15, -0.1) is 0 Å². The lowest BCUT2D eigenvalue weighted by Crippen LogP contribution is -1.99. The first-order valence-corrected chi connectivity index (χ1v) is 8.10. The number of oxazole rings is 1. The van der Waals surface area contributed by atoms with Crippen molar-refractivity contribution in [3.63, 3.8) is 0 Å². The van der Waals surface area contributed by atoms with E-state index in [-0.39, 0.29) is 5.63 Å². The van der Waals surface area contributed by atoms with E-state index in [4.69, 9.17) is 8.83 Å². The number of halogens is 1. The van der Waals surface area contributed by atoms with Gasteiger partial charge in [-0.25, -0.2) is 9.78 Å². The van der Waals surface area contributed by atoms with Gasteiger partial charge in [-0.1, -0.05) is 27.7 Å². The second-order valence-corrected chi connectivity index (χ2v) is 6.48. The summed E-state index contributed by atoms with van der Waals surface area (Å²) >= 11 is 4.84. The molecule has 0 fully saturated rings. The number of aromatic nitrogens is 1. The molecule has 0 N–H and O–H groups in total. The molecule has 2 heterocycles. The summed E-state index contributed by atoms with van der Waals surface area (Å²) in [6.45, 7) is 3.80. The Balaban J connectivity index is 1.94. The summed E-state index contributed by atoms with van der Waals surface area (Å²) in [6, 6.07) is 7.18. The Hall–Kier alpha value is -1.53. The van der Waals surface area contributed by atoms with Gasteiger partial charge < -0.3 is 8.83 Å². The fourth-order valence-electron chi connectivity index (χ4n) is 1.97. The molecule has 0 aliphatic rings. The molecule has 0 aliphatic heterocycles. The minimum Gasteiger partial charge on any atom is -0.437 e. The zero-order valence-electron chi connectivity index (χ0n) is 11.5. The average molecular weight is 366 g/mol. The summed E-state index contributed by atoms with van der Waals surface area (Å²) in [6.07, 6.45) is 0. The third kappa shape index (κ3) is 3.06. The van der Waals surface area contributed by atoms with Gasteiger partial charge in [-0.3, -0.25) is 0 Å². The van der Waals surface area contributed by atoms with E-state index in [1.54, 1.807) is 6.07 Å². The number of thioether (sulfide) groups is 1. The van der Waals surface area contributed by atoms with Crippen LogP contribution in [-0.4, -0.2) is 4.98 Å². The Morgan fingerprint density at radius 2 is 2.05 bits per heavy atom. The molecule has 0 spiro atoms. The molecule has 0 saturated heterocycles. The largest absolute Gasteiger partial charge is 0.437 e. The lowest BCUT2D eigenvalue weighted by Gasteiger charge is -2.04. The number of aryl methyl sites for hydroxylation is 2. The minimum atomic E-state index is -0.351. The van der Waals surface area contributed by atoms with Gasteiger partial charge in [-0.05, 0) is 37.6 Å². The van der Waals surface area contributed by atoms with Gasteiger partial charge in [0.25, 0.3) is 5.22 Å². The van der Waals surface area contributed by atoms with E-state index in [1.807, 2.05) is 26.0 Å². The van der Waals surface area contributed by atoms with Crippen molar-refractivity contribution in [2.45, 2.75) is 24.8 Å². The number of hydrogen-bond acceptors (Lipinski definition) is 5. The van der Waals surface area contributed by atoms with E-state index in [9.17, 15) is 4.79 Å². The Labute approximate surface area is 133 Å². The zero-order chi connectivity index (χ0) is 15.0. The highest BCUT2D eigenvalue weighted by molar-refractivity contribution is 9.10. The maximum atomic E-state index is 11.7. The van der Waals surface area contributed by atoms with Crippen LogP contribution >= 0.6 is 27.7 Å². The standard InChI is InChI=1S/C15H12BrNO3S/c1-8-9(2)19-15(17-8)21-7-10-5-14(18)20-13-6-11(16)3-4-12(10)13/h3-6H,7H2,1-2H3. The van der Waals surface area contributed by atoms with E-state index in [0.717, 1.165) is 26.9 Å². The minimum absolute atomic E-state index is 0.351. The van der Waals surface area contributed by atoms with Crippen molar-refractivity contribution in [2.75, 3.05) is 0 Å². The summed E-state index contributed by atoms with van der Waals surface area (Å²) < 4.78 is 11.6. The number of hydrogen-bond donors (Lipinski definition) is 0. The van der Waals surface area contributed by atoms with Gasteiger partial charge in [0.15, 0.2) is 0 Å². The first-order valence-electron chi connectivity index (χ1n) is 6.32. The Morgan fingerprint density at radius 1 is 1.24 bits per heavy atom. The van der Waals surface area contributed by atoms with Gasteiger partial charge in [0.05, 0.1) is 5.69 Å². The van der Waals surface area contributed by atoms with Crippen LogP contribution in [0.25, 0.3) is 11.0 Å². The number of rotatable bonds is 3. The molecule has 108 valence electrons. The normalized spacial score (nSPS) is 11.2. The van der Waals surface area contributed by atoms with Crippen LogP contribution in [-0.2, 0) is 5.75 Å². The smallest absolute Gasteiger partial charge is 0.336 e. The molecular formula is C15H12BrNO3S. The molecule has 0 aliphatic carbocycles. The van der Waals surface area contributed by atoms with Crippen molar-refractivity contribution in [2.24, 2.45) is 0 Å². The SMILES string of the molecule is Cc1nc(SCc2cc(=O)oc3cc(Br)ccc23)oc1C. The predicted molar refractivity (Wildman–Crippen MR) is 85.7 cm³/mol. The quantitative estimate of drug-likeness (QED) is 0.506. The Morgan fingerprint density at radius 3 is 2.76 bits per heavy atom. The molecule has 3 rings (SSSR count). The second-order valence-electron chi connectivity index (χ2n) is 4.64.